The molecule has 1 aromatic heterocycles. The summed E-state index contributed by atoms with van der Waals surface area (Å²) in [6.07, 6.45) is 4.53. The molecule has 1 fully saturated rings. The maximum Gasteiger partial charge on any atom is 0.0952 e. The zero-order chi connectivity index (χ0) is 11.1. The maximum absolute atomic E-state index is 5.64. The fourth-order valence-electron chi connectivity index (χ4n) is 2.51. The summed E-state index contributed by atoms with van der Waals surface area (Å²) in [5.74, 6) is 0.707. The van der Waals surface area contributed by atoms with Crippen molar-refractivity contribution in [3.8, 4) is 0 Å². The SMILES string of the molecule is Cc1cccc2cn(C3CC(CN)C3)nc12. The van der Waals surface area contributed by atoms with Crippen LogP contribution < -0.4 is 5.73 Å². The van der Waals surface area contributed by atoms with Gasteiger partial charge >= 0.3 is 0 Å². The Labute approximate surface area is 95.2 Å². The molecule has 0 aliphatic heterocycles. The van der Waals surface area contributed by atoms with E-state index in [-0.39, 0.29) is 0 Å². The van der Waals surface area contributed by atoms with Crippen LogP contribution in [-0.2, 0) is 0 Å². The van der Waals surface area contributed by atoms with Crippen LogP contribution in [0.15, 0.2) is 24.4 Å². The summed E-state index contributed by atoms with van der Waals surface area (Å²) >= 11 is 0. The molecule has 16 heavy (non-hydrogen) atoms. The van der Waals surface area contributed by atoms with Crippen LogP contribution in [0.2, 0.25) is 0 Å². The van der Waals surface area contributed by atoms with Gasteiger partial charge in [0.1, 0.15) is 0 Å². The van der Waals surface area contributed by atoms with Crippen molar-refractivity contribution in [3.05, 3.63) is 30.0 Å². The van der Waals surface area contributed by atoms with Crippen molar-refractivity contribution in [1.82, 2.24) is 9.78 Å². The monoisotopic (exact) mass is 215 g/mol. The summed E-state index contributed by atoms with van der Waals surface area (Å²) in [6.45, 7) is 2.93. The second-order valence-electron chi connectivity index (χ2n) is 4.85. The third-order valence-corrected chi connectivity index (χ3v) is 3.67. The third-order valence-electron chi connectivity index (χ3n) is 3.67. The Morgan fingerprint density at radius 1 is 1.44 bits per heavy atom. The fourth-order valence-corrected chi connectivity index (χ4v) is 2.51. The number of nitrogens with zero attached hydrogens (tertiary/aromatic N) is 2. The van der Waals surface area contributed by atoms with Crippen LogP contribution >= 0.6 is 0 Å². The topological polar surface area (TPSA) is 43.8 Å². The van der Waals surface area contributed by atoms with Gasteiger partial charge in [-0.15, -0.1) is 0 Å². The predicted octanol–water partition coefficient (Wildman–Crippen LogP) is 2.25. The van der Waals surface area contributed by atoms with Crippen molar-refractivity contribution in [2.24, 2.45) is 11.7 Å². The van der Waals surface area contributed by atoms with Crippen LogP contribution in [0.3, 0.4) is 0 Å². The summed E-state index contributed by atoms with van der Waals surface area (Å²) in [5.41, 5.74) is 8.04. The first-order valence-electron chi connectivity index (χ1n) is 5.92. The number of benzene rings is 1. The highest BCUT2D eigenvalue weighted by Crippen LogP contribution is 2.37. The highest BCUT2D eigenvalue weighted by atomic mass is 15.3. The van der Waals surface area contributed by atoms with Crippen LogP contribution in [0, 0.1) is 12.8 Å². The van der Waals surface area contributed by atoms with E-state index in [0.29, 0.717) is 12.0 Å². The van der Waals surface area contributed by atoms with Gasteiger partial charge in [0.05, 0.1) is 11.6 Å². The summed E-state index contributed by atoms with van der Waals surface area (Å²) in [6, 6.07) is 6.90. The van der Waals surface area contributed by atoms with Crippen molar-refractivity contribution in [2.75, 3.05) is 6.54 Å². The minimum atomic E-state index is 0.570. The molecule has 3 nitrogen and oxygen atoms in total. The Morgan fingerprint density at radius 2 is 2.25 bits per heavy atom. The van der Waals surface area contributed by atoms with Crippen molar-refractivity contribution < 1.29 is 0 Å². The number of aryl methyl sites for hydroxylation is 1. The average Bonchev–Trinajstić information content (AvgIpc) is 2.61. The summed E-state index contributed by atoms with van der Waals surface area (Å²) in [4.78, 5) is 0. The van der Waals surface area contributed by atoms with Crippen molar-refractivity contribution in [2.45, 2.75) is 25.8 Å². The van der Waals surface area contributed by atoms with Gasteiger partial charge in [-0.25, -0.2) is 0 Å². The standard InChI is InChI=1S/C13H17N3/c1-9-3-2-4-11-8-16(15-13(9)11)12-5-10(6-12)7-14/h2-4,8,10,12H,5-7,14H2,1H3. The lowest BCUT2D eigenvalue weighted by atomic mass is 9.80. The quantitative estimate of drug-likeness (QED) is 0.835. The van der Waals surface area contributed by atoms with E-state index in [2.05, 4.69) is 41.1 Å². The van der Waals surface area contributed by atoms with E-state index < -0.39 is 0 Å². The van der Waals surface area contributed by atoms with Gasteiger partial charge in [-0.2, -0.15) is 5.10 Å². The minimum Gasteiger partial charge on any atom is -0.330 e. The first-order valence-corrected chi connectivity index (χ1v) is 5.92. The number of fused-ring (bicyclic) bond motifs is 1. The van der Waals surface area contributed by atoms with Crippen molar-refractivity contribution >= 4 is 10.9 Å². The largest absolute Gasteiger partial charge is 0.330 e. The van der Waals surface area contributed by atoms with Gasteiger partial charge in [0.15, 0.2) is 0 Å². The molecule has 1 aromatic carbocycles. The van der Waals surface area contributed by atoms with E-state index in [1.807, 2.05) is 0 Å². The van der Waals surface area contributed by atoms with Gasteiger partial charge in [-0.1, -0.05) is 18.2 Å². The lowest BCUT2D eigenvalue weighted by Gasteiger charge is -2.34. The lowest BCUT2D eigenvalue weighted by molar-refractivity contribution is 0.191. The van der Waals surface area contributed by atoms with Gasteiger partial charge in [0.2, 0.25) is 0 Å². The van der Waals surface area contributed by atoms with Crippen LogP contribution in [0.4, 0.5) is 0 Å². The average molecular weight is 215 g/mol. The summed E-state index contributed by atoms with van der Waals surface area (Å²) in [5, 5.41) is 5.93. The molecule has 1 heterocycles. The van der Waals surface area contributed by atoms with Gasteiger partial charge in [0.25, 0.3) is 0 Å². The molecule has 3 rings (SSSR count). The molecule has 0 saturated heterocycles. The number of hydrogen-bond acceptors (Lipinski definition) is 2. The van der Waals surface area contributed by atoms with Crippen LogP contribution in [0.1, 0.15) is 24.4 Å². The first-order chi connectivity index (χ1) is 7.78. The van der Waals surface area contributed by atoms with Gasteiger partial charge in [-0.3, -0.25) is 4.68 Å². The Bertz CT molecular complexity index is 509. The van der Waals surface area contributed by atoms with Crippen LogP contribution in [-0.4, -0.2) is 16.3 Å². The zero-order valence-corrected chi connectivity index (χ0v) is 9.56. The maximum atomic E-state index is 5.64. The smallest absolute Gasteiger partial charge is 0.0952 e. The normalized spacial score (nSPS) is 24.6. The Balaban J connectivity index is 1.92. The highest BCUT2D eigenvalue weighted by molar-refractivity contribution is 5.81. The molecule has 0 atom stereocenters. The molecular formula is C13H17N3. The zero-order valence-electron chi connectivity index (χ0n) is 9.56. The first kappa shape index (κ1) is 9.85. The van der Waals surface area contributed by atoms with Crippen LogP contribution in [0.5, 0.6) is 0 Å². The number of hydrogen-bond donors (Lipinski definition) is 1. The van der Waals surface area contributed by atoms with Gasteiger partial charge in [-0.05, 0) is 37.8 Å². The van der Waals surface area contributed by atoms with Gasteiger partial charge < -0.3 is 5.73 Å². The van der Waals surface area contributed by atoms with Crippen molar-refractivity contribution in [1.29, 1.82) is 0 Å². The molecule has 3 heteroatoms. The molecular weight excluding hydrogens is 198 g/mol. The molecule has 0 spiro atoms. The van der Waals surface area contributed by atoms with Crippen LogP contribution in [0.25, 0.3) is 10.9 Å². The molecule has 2 aromatic rings. The molecule has 84 valence electrons. The second kappa shape index (κ2) is 3.59. The Morgan fingerprint density at radius 3 is 2.94 bits per heavy atom. The number of rotatable bonds is 2. The molecule has 1 aliphatic carbocycles. The summed E-state index contributed by atoms with van der Waals surface area (Å²) < 4.78 is 2.13. The highest BCUT2D eigenvalue weighted by Gasteiger charge is 2.29. The molecule has 1 aliphatic rings. The number of aromatic nitrogens is 2. The Kier molecular flexibility index (Phi) is 2.21. The molecule has 0 bridgehead atoms. The Hall–Kier alpha value is -1.35. The van der Waals surface area contributed by atoms with E-state index in [1.54, 1.807) is 0 Å². The van der Waals surface area contributed by atoms with E-state index in [0.717, 1.165) is 12.1 Å². The van der Waals surface area contributed by atoms with E-state index in [9.17, 15) is 0 Å². The third kappa shape index (κ3) is 1.43. The predicted molar refractivity (Wildman–Crippen MR) is 65.3 cm³/mol. The fraction of sp³-hybridized carbons (Fsp3) is 0.462. The number of nitrogens with two attached hydrogens (primary N) is 1. The second-order valence-corrected chi connectivity index (χ2v) is 4.85. The summed E-state index contributed by atoms with van der Waals surface area (Å²) in [7, 11) is 0. The van der Waals surface area contributed by atoms with E-state index in [4.69, 9.17) is 5.73 Å². The van der Waals surface area contributed by atoms with E-state index in [1.165, 1.54) is 23.8 Å². The molecule has 0 unspecified atom stereocenters. The van der Waals surface area contributed by atoms with E-state index >= 15 is 0 Å². The molecule has 0 radical (unpaired) electrons. The molecule has 1 saturated carbocycles. The minimum absolute atomic E-state index is 0.570. The lowest BCUT2D eigenvalue weighted by Crippen LogP contribution is -2.32. The molecule has 2 N–H and O–H groups in total. The van der Waals surface area contributed by atoms with Crippen molar-refractivity contribution in [3.63, 3.8) is 0 Å². The van der Waals surface area contributed by atoms with Gasteiger partial charge in [0, 0.05) is 11.6 Å². The molecule has 0 amide bonds.